The lowest BCUT2D eigenvalue weighted by atomic mass is 10.0. The van der Waals surface area contributed by atoms with Gasteiger partial charge in [0, 0.05) is 37.9 Å². The van der Waals surface area contributed by atoms with E-state index < -0.39 is 40.5 Å². The average molecular weight is 508 g/mol. The summed E-state index contributed by atoms with van der Waals surface area (Å²) in [4.78, 5) is 30.3. The summed E-state index contributed by atoms with van der Waals surface area (Å²) < 4.78 is 52.5. The molecule has 1 saturated heterocycles. The van der Waals surface area contributed by atoms with Crippen molar-refractivity contribution in [1.82, 2.24) is 15.2 Å². The Morgan fingerprint density at radius 3 is 2.52 bits per heavy atom. The lowest BCUT2D eigenvalue weighted by Crippen LogP contribution is -2.49. The maximum Gasteiger partial charge on any atom is 0.419 e. The van der Waals surface area contributed by atoms with E-state index in [1.165, 1.54) is 12.4 Å². The van der Waals surface area contributed by atoms with E-state index in [1.807, 2.05) is 0 Å². The van der Waals surface area contributed by atoms with Gasteiger partial charge >= 0.3 is 12.3 Å². The highest BCUT2D eigenvalue weighted by Crippen LogP contribution is 2.46. The molecule has 2 aromatic heterocycles. The first kappa shape index (κ1) is 25.4. The molecule has 0 spiro atoms. The van der Waals surface area contributed by atoms with Crippen LogP contribution in [-0.4, -0.2) is 53.2 Å². The van der Waals surface area contributed by atoms with Crippen molar-refractivity contribution in [3.8, 4) is 5.88 Å². The predicted octanol–water partition coefficient (Wildman–Crippen LogP) is 5.49. The van der Waals surface area contributed by atoms with Crippen molar-refractivity contribution in [3.63, 3.8) is 0 Å². The van der Waals surface area contributed by atoms with Gasteiger partial charge in [0.25, 0.3) is 5.91 Å². The molecule has 1 aliphatic rings. The van der Waals surface area contributed by atoms with Gasteiger partial charge in [-0.15, -0.1) is 11.3 Å². The zero-order valence-corrected chi connectivity index (χ0v) is 20.4. The summed E-state index contributed by atoms with van der Waals surface area (Å²) in [5.74, 6) is -0.947. The average Bonchev–Trinajstić information content (AvgIpc) is 3.08. The first-order valence-electron chi connectivity index (χ1n) is 10.3. The molecule has 182 valence electrons. The van der Waals surface area contributed by atoms with E-state index in [0.29, 0.717) is 19.4 Å². The molecule has 0 saturated carbocycles. The molecule has 0 bridgehead atoms. The zero-order chi connectivity index (χ0) is 24.7. The van der Waals surface area contributed by atoms with Gasteiger partial charge in [-0.1, -0.05) is 11.6 Å². The molecule has 12 heteroatoms. The highest BCUT2D eigenvalue weighted by molar-refractivity contribution is 7.17. The van der Waals surface area contributed by atoms with E-state index in [-0.39, 0.29) is 27.7 Å². The number of piperidine rings is 1. The second kappa shape index (κ2) is 9.17. The van der Waals surface area contributed by atoms with Crippen molar-refractivity contribution in [3.05, 3.63) is 21.5 Å². The molecule has 7 nitrogen and oxygen atoms in total. The number of amides is 2. The number of rotatable bonds is 3. The molecular weight excluding hydrogens is 483 g/mol. The van der Waals surface area contributed by atoms with Crippen LogP contribution in [0.4, 0.5) is 18.0 Å². The molecule has 33 heavy (non-hydrogen) atoms. The molecule has 1 N–H and O–H groups in total. The number of likely N-dealkylation sites (tertiary alicyclic amines) is 1. The third-order valence-corrected chi connectivity index (χ3v) is 6.44. The predicted molar refractivity (Wildman–Crippen MR) is 119 cm³/mol. The first-order chi connectivity index (χ1) is 15.2. The Kier molecular flexibility index (Phi) is 7.05. The molecule has 1 fully saturated rings. The second-order valence-corrected chi connectivity index (χ2v) is 10.1. The number of nitrogens with one attached hydrogen (secondary N) is 1. The van der Waals surface area contributed by atoms with Crippen molar-refractivity contribution in [2.75, 3.05) is 13.6 Å². The number of carbonyl (C=O) groups excluding carboxylic acids is 2. The Hall–Kier alpha value is -2.27. The van der Waals surface area contributed by atoms with Crippen molar-refractivity contribution < 1.29 is 32.2 Å². The summed E-state index contributed by atoms with van der Waals surface area (Å²) in [7, 11) is 1.38. The van der Waals surface area contributed by atoms with Crippen LogP contribution in [0.5, 0.6) is 5.88 Å². The number of aromatic nitrogens is 1. The Bertz CT molecular complexity index is 1070. The number of hydrogen-bond donors (Lipinski definition) is 1. The highest BCUT2D eigenvalue weighted by Gasteiger charge is 2.40. The van der Waals surface area contributed by atoms with Gasteiger partial charge in [-0.05, 0) is 27.7 Å². The number of pyridine rings is 1. The van der Waals surface area contributed by atoms with E-state index in [0.717, 1.165) is 11.3 Å². The van der Waals surface area contributed by atoms with Crippen molar-refractivity contribution in [2.24, 2.45) is 0 Å². The Morgan fingerprint density at radius 2 is 1.97 bits per heavy atom. The van der Waals surface area contributed by atoms with Crippen LogP contribution in [0, 0.1) is 0 Å². The van der Waals surface area contributed by atoms with Gasteiger partial charge in [-0.2, -0.15) is 13.2 Å². The molecule has 0 aliphatic carbocycles. The highest BCUT2D eigenvalue weighted by atomic mass is 35.5. The summed E-state index contributed by atoms with van der Waals surface area (Å²) in [6, 6.07) is -0.272. The molecule has 2 atom stereocenters. The van der Waals surface area contributed by atoms with Crippen LogP contribution in [-0.2, 0) is 10.9 Å². The van der Waals surface area contributed by atoms with Crippen LogP contribution < -0.4 is 10.1 Å². The van der Waals surface area contributed by atoms with Gasteiger partial charge in [0.15, 0.2) is 0 Å². The SMILES string of the molecule is CNC(=O)c1csc2c(C(F)(F)F)c(Cl)c(O[C@@H]3CCN(C(=O)OC(C)(C)C)[C@H](C)C3)nc12. The quantitative estimate of drug-likeness (QED) is 0.593. The maximum atomic E-state index is 13.8. The number of nitrogens with zero attached hydrogens (tertiary/aromatic N) is 2. The van der Waals surface area contributed by atoms with Gasteiger partial charge in [0.2, 0.25) is 5.88 Å². The number of halogens is 4. The Balaban J connectivity index is 1.90. The molecule has 3 heterocycles. The van der Waals surface area contributed by atoms with Gasteiger partial charge < -0.3 is 19.7 Å². The Labute approximate surface area is 198 Å². The minimum atomic E-state index is -4.77. The molecule has 1 aliphatic heterocycles. The summed E-state index contributed by atoms with van der Waals surface area (Å²) >= 11 is 6.86. The van der Waals surface area contributed by atoms with Crippen molar-refractivity contribution in [1.29, 1.82) is 0 Å². The van der Waals surface area contributed by atoms with Crippen molar-refractivity contribution >= 4 is 45.2 Å². The molecule has 0 radical (unpaired) electrons. The van der Waals surface area contributed by atoms with Gasteiger partial charge in [-0.25, -0.2) is 9.78 Å². The van der Waals surface area contributed by atoms with E-state index in [1.54, 1.807) is 32.6 Å². The summed E-state index contributed by atoms with van der Waals surface area (Å²) in [6.07, 6.45) is -5.05. The minimum absolute atomic E-state index is 0.0117. The first-order valence-corrected chi connectivity index (χ1v) is 11.5. The molecule has 2 aromatic rings. The Morgan fingerprint density at radius 1 is 1.30 bits per heavy atom. The van der Waals surface area contributed by atoms with E-state index in [4.69, 9.17) is 21.1 Å². The van der Waals surface area contributed by atoms with E-state index >= 15 is 0 Å². The van der Waals surface area contributed by atoms with E-state index in [2.05, 4.69) is 10.3 Å². The lowest BCUT2D eigenvalue weighted by Gasteiger charge is -2.38. The topological polar surface area (TPSA) is 80.8 Å². The smallest absolute Gasteiger partial charge is 0.419 e. The van der Waals surface area contributed by atoms with Crippen LogP contribution in [0.2, 0.25) is 5.02 Å². The van der Waals surface area contributed by atoms with Gasteiger partial charge in [-0.3, -0.25) is 4.79 Å². The third-order valence-electron chi connectivity index (χ3n) is 5.10. The fourth-order valence-corrected chi connectivity index (χ4v) is 5.01. The standard InChI is InChI=1S/C21H25ClF3N3O4S/c1-10-8-11(6-7-28(10)19(30)32-20(2,3)4)31-18-14(22)13(21(23,24)25)16-15(27-18)12(9-33-16)17(29)26-5/h9-11H,6-8H2,1-5H3,(H,26,29)/t10-,11-/m1/s1. The maximum absolute atomic E-state index is 13.8. The van der Waals surface area contributed by atoms with Crippen LogP contribution in [0.1, 0.15) is 56.5 Å². The monoisotopic (exact) mass is 507 g/mol. The zero-order valence-electron chi connectivity index (χ0n) is 18.8. The molecular formula is C21H25ClF3N3O4S. The summed E-state index contributed by atoms with van der Waals surface area (Å²) in [5, 5.41) is 3.06. The third kappa shape index (κ3) is 5.46. The van der Waals surface area contributed by atoms with Crippen LogP contribution >= 0.6 is 22.9 Å². The molecule has 3 rings (SSSR count). The number of alkyl halides is 3. The number of fused-ring (bicyclic) bond motifs is 1. The van der Waals surface area contributed by atoms with Crippen LogP contribution in [0.15, 0.2) is 5.38 Å². The molecule has 0 aromatic carbocycles. The lowest BCUT2D eigenvalue weighted by molar-refractivity contribution is -0.136. The number of ether oxygens (including phenoxy) is 2. The number of carbonyl (C=O) groups is 2. The van der Waals surface area contributed by atoms with Crippen LogP contribution in [0.3, 0.4) is 0 Å². The molecule has 0 unspecified atom stereocenters. The number of hydrogen-bond acceptors (Lipinski definition) is 6. The van der Waals surface area contributed by atoms with E-state index in [9.17, 15) is 22.8 Å². The second-order valence-electron chi connectivity index (χ2n) is 8.80. The van der Waals surface area contributed by atoms with Crippen LogP contribution in [0.25, 0.3) is 10.2 Å². The normalized spacial score (nSPS) is 19.5. The summed E-state index contributed by atoms with van der Waals surface area (Å²) in [5.41, 5.74) is -1.83. The largest absolute Gasteiger partial charge is 0.473 e. The van der Waals surface area contributed by atoms with Crippen molar-refractivity contribution in [2.45, 2.75) is 64.5 Å². The van der Waals surface area contributed by atoms with Gasteiger partial charge in [0.1, 0.15) is 16.7 Å². The summed E-state index contributed by atoms with van der Waals surface area (Å²) in [6.45, 7) is 7.41. The fourth-order valence-electron chi connectivity index (χ4n) is 3.61. The minimum Gasteiger partial charge on any atom is -0.473 e. The fraction of sp³-hybridized carbons (Fsp3) is 0.571. The molecule has 2 amide bonds. The van der Waals surface area contributed by atoms with Gasteiger partial charge in [0.05, 0.1) is 21.3 Å². The number of thiophene rings is 1.